The summed E-state index contributed by atoms with van der Waals surface area (Å²) in [6.45, 7) is 5.49. The number of aryl methyl sites for hydroxylation is 1. The molecule has 0 saturated heterocycles. The van der Waals surface area contributed by atoms with Gasteiger partial charge in [0.05, 0.1) is 11.2 Å². The van der Waals surface area contributed by atoms with Gasteiger partial charge in [0.25, 0.3) is 0 Å². The minimum Gasteiger partial charge on any atom is -0.384 e. The molecule has 2 rings (SSSR count). The Kier molecular flexibility index (Phi) is 1.86. The summed E-state index contributed by atoms with van der Waals surface area (Å²) in [6, 6.07) is 5.89. The number of aliphatic hydroxyl groups is 1. The minimum atomic E-state index is -0.879. The van der Waals surface area contributed by atoms with Crippen LogP contribution in [0, 0.1) is 6.92 Å². The largest absolute Gasteiger partial charge is 0.384 e. The van der Waals surface area contributed by atoms with E-state index in [9.17, 15) is 5.11 Å². The number of hydrogen-bond donors (Lipinski definition) is 1. The van der Waals surface area contributed by atoms with E-state index in [0.29, 0.717) is 0 Å². The number of pyridine rings is 1. The number of aromatic nitrogens is 2. The molecule has 0 aliphatic carbocycles. The van der Waals surface area contributed by atoms with Gasteiger partial charge < -0.3 is 5.11 Å². The quantitative estimate of drug-likeness (QED) is 0.745. The molecule has 0 aliphatic rings. The van der Waals surface area contributed by atoms with Gasteiger partial charge in [0.15, 0.2) is 0 Å². The van der Waals surface area contributed by atoms with Crippen LogP contribution in [0.5, 0.6) is 0 Å². The lowest BCUT2D eigenvalue weighted by Gasteiger charge is -2.14. The first kappa shape index (κ1) is 9.21. The lowest BCUT2D eigenvalue weighted by molar-refractivity contribution is 0.0729. The third-order valence-electron chi connectivity index (χ3n) is 2.37. The molecule has 0 fully saturated rings. The van der Waals surface area contributed by atoms with Crippen LogP contribution in [-0.4, -0.2) is 14.7 Å². The summed E-state index contributed by atoms with van der Waals surface area (Å²) >= 11 is 0. The third kappa shape index (κ3) is 1.30. The van der Waals surface area contributed by atoms with Crippen molar-refractivity contribution in [1.29, 1.82) is 0 Å². The van der Waals surface area contributed by atoms with E-state index >= 15 is 0 Å². The summed E-state index contributed by atoms with van der Waals surface area (Å²) in [5.74, 6) is 0. The second-order valence-electron chi connectivity index (χ2n) is 4.06. The van der Waals surface area contributed by atoms with Crippen molar-refractivity contribution in [3.63, 3.8) is 0 Å². The Bertz CT molecular complexity index is 466. The maximum atomic E-state index is 9.90. The Labute approximate surface area is 83.0 Å². The lowest BCUT2D eigenvalue weighted by Crippen LogP contribution is -2.17. The highest BCUT2D eigenvalue weighted by Gasteiger charge is 2.23. The van der Waals surface area contributed by atoms with Gasteiger partial charge in [-0.25, -0.2) is 4.52 Å². The number of nitrogens with zero attached hydrogens (tertiary/aromatic N) is 2. The van der Waals surface area contributed by atoms with Gasteiger partial charge in [-0.2, -0.15) is 5.10 Å². The summed E-state index contributed by atoms with van der Waals surface area (Å²) in [6.07, 6.45) is 1.89. The third-order valence-corrected chi connectivity index (χ3v) is 2.37. The van der Waals surface area contributed by atoms with Gasteiger partial charge in [-0.3, -0.25) is 0 Å². The highest BCUT2D eigenvalue weighted by molar-refractivity contribution is 5.56. The van der Waals surface area contributed by atoms with Crippen LogP contribution in [0.1, 0.15) is 25.1 Å². The van der Waals surface area contributed by atoms with Gasteiger partial charge in [-0.1, -0.05) is 6.07 Å². The number of hydrogen-bond acceptors (Lipinski definition) is 2. The van der Waals surface area contributed by atoms with E-state index < -0.39 is 5.60 Å². The molecule has 3 nitrogen and oxygen atoms in total. The summed E-state index contributed by atoms with van der Waals surface area (Å²) in [7, 11) is 0. The van der Waals surface area contributed by atoms with E-state index in [1.807, 2.05) is 31.3 Å². The molecule has 0 unspecified atom stereocenters. The van der Waals surface area contributed by atoms with Crippen molar-refractivity contribution < 1.29 is 5.11 Å². The first-order valence-electron chi connectivity index (χ1n) is 4.67. The fourth-order valence-corrected chi connectivity index (χ4v) is 1.70. The zero-order valence-electron chi connectivity index (χ0n) is 8.65. The van der Waals surface area contributed by atoms with Crippen LogP contribution in [-0.2, 0) is 5.60 Å². The fourth-order valence-electron chi connectivity index (χ4n) is 1.70. The average molecular weight is 190 g/mol. The maximum absolute atomic E-state index is 9.90. The van der Waals surface area contributed by atoms with E-state index in [1.165, 1.54) is 0 Å². The van der Waals surface area contributed by atoms with Gasteiger partial charge in [0.2, 0.25) is 0 Å². The second-order valence-corrected chi connectivity index (χ2v) is 4.06. The first-order valence-corrected chi connectivity index (χ1v) is 4.67. The predicted octanol–water partition coefficient (Wildman–Crippen LogP) is 1.87. The molecule has 14 heavy (non-hydrogen) atoms. The van der Waals surface area contributed by atoms with Crippen molar-refractivity contribution in [2.75, 3.05) is 0 Å². The topological polar surface area (TPSA) is 37.5 Å². The molecule has 0 radical (unpaired) electrons. The molecule has 2 aromatic heterocycles. The zero-order chi connectivity index (χ0) is 10.3. The smallest absolute Gasteiger partial charge is 0.103 e. The second kappa shape index (κ2) is 2.82. The summed E-state index contributed by atoms with van der Waals surface area (Å²) in [5, 5.41) is 14.2. The van der Waals surface area contributed by atoms with E-state index in [4.69, 9.17) is 0 Å². The van der Waals surface area contributed by atoms with Crippen LogP contribution in [0.4, 0.5) is 0 Å². The Morgan fingerprint density at radius 2 is 2.07 bits per heavy atom. The Morgan fingerprint density at radius 1 is 1.36 bits per heavy atom. The number of fused-ring (bicyclic) bond motifs is 1. The Hall–Kier alpha value is -1.35. The highest BCUT2D eigenvalue weighted by Crippen LogP contribution is 2.24. The minimum absolute atomic E-state index is 0.740. The molecular formula is C11H14N2O. The van der Waals surface area contributed by atoms with E-state index in [2.05, 4.69) is 5.10 Å². The maximum Gasteiger partial charge on any atom is 0.103 e. The van der Waals surface area contributed by atoms with Crippen molar-refractivity contribution in [2.45, 2.75) is 26.4 Å². The molecule has 0 saturated carbocycles. The van der Waals surface area contributed by atoms with Crippen LogP contribution in [0.3, 0.4) is 0 Å². The van der Waals surface area contributed by atoms with E-state index in [0.717, 1.165) is 16.8 Å². The van der Waals surface area contributed by atoms with E-state index in [-0.39, 0.29) is 0 Å². The summed E-state index contributed by atoms with van der Waals surface area (Å²) in [5.41, 5.74) is 1.95. The van der Waals surface area contributed by atoms with Crippen LogP contribution in [0.2, 0.25) is 0 Å². The molecule has 74 valence electrons. The predicted molar refractivity (Wildman–Crippen MR) is 55.2 cm³/mol. The SMILES string of the molecule is Cc1c(C(C)(C)O)nn2ccccc12. The van der Waals surface area contributed by atoms with Crippen LogP contribution >= 0.6 is 0 Å². The molecule has 0 bridgehead atoms. The van der Waals surface area contributed by atoms with Gasteiger partial charge >= 0.3 is 0 Å². The average Bonchev–Trinajstić information content (AvgIpc) is 2.44. The van der Waals surface area contributed by atoms with Gasteiger partial charge in [-0.05, 0) is 32.9 Å². The molecule has 0 aromatic carbocycles. The van der Waals surface area contributed by atoms with Crippen LogP contribution < -0.4 is 0 Å². The van der Waals surface area contributed by atoms with Crippen molar-refractivity contribution in [3.8, 4) is 0 Å². The van der Waals surface area contributed by atoms with Crippen LogP contribution in [0.25, 0.3) is 5.52 Å². The Morgan fingerprint density at radius 3 is 2.64 bits per heavy atom. The van der Waals surface area contributed by atoms with Gasteiger partial charge in [0, 0.05) is 11.8 Å². The van der Waals surface area contributed by atoms with Gasteiger partial charge in [0.1, 0.15) is 5.60 Å². The first-order chi connectivity index (χ1) is 6.50. The molecule has 0 atom stereocenters. The summed E-state index contributed by atoms with van der Waals surface area (Å²) < 4.78 is 1.79. The van der Waals surface area contributed by atoms with Crippen molar-refractivity contribution in [2.24, 2.45) is 0 Å². The molecule has 0 aliphatic heterocycles. The fraction of sp³-hybridized carbons (Fsp3) is 0.364. The molecule has 3 heteroatoms. The molecule has 1 N–H and O–H groups in total. The number of rotatable bonds is 1. The van der Waals surface area contributed by atoms with Crippen molar-refractivity contribution in [3.05, 3.63) is 35.7 Å². The summed E-state index contributed by atoms with van der Waals surface area (Å²) in [4.78, 5) is 0. The molecule has 2 aromatic rings. The lowest BCUT2D eigenvalue weighted by atomic mass is 10.0. The normalized spacial score (nSPS) is 12.3. The highest BCUT2D eigenvalue weighted by atomic mass is 16.3. The van der Waals surface area contributed by atoms with Crippen LogP contribution in [0.15, 0.2) is 24.4 Å². The molecule has 0 amide bonds. The van der Waals surface area contributed by atoms with Crippen molar-refractivity contribution in [1.82, 2.24) is 9.61 Å². The standard InChI is InChI=1S/C11H14N2O/c1-8-9-6-4-5-7-13(9)12-10(8)11(2,3)14/h4-7,14H,1-3H3. The van der Waals surface area contributed by atoms with Gasteiger partial charge in [-0.15, -0.1) is 0 Å². The molecule has 0 spiro atoms. The van der Waals surface area contributed by atoms with E-state index in [1.54, 1.807) is 18.4 Å². The molecular weight excluding hydrogens is 176 g/mol. The van der Waals surface area contributed by atoms with Crippen molar-refractivity contribution >= 4 is 5.52 Å². The Balaban J connectivity index is 2.75. The zero-order valence-corrected chi connectivity index (χ0v) is 8.65. The molecule has 2 heterocycles. The monoisotopic (exact) mass is 190 g/mol.